The molecule has 2 aliphatic heterocycles. The lowest BCUT2D eigenvalue weighted by atomic mass is 10.0. The van der Waals surface area contributed by atoms with Crippen molar-refractivity contribution in [3.05, 3.63) is 42.3 Å². The van der Waals surface area contributed by atoms with Gasteiger partial charge in [0.05, 0.1) is 18.3 Å². The predicted molar refractivity (Wildman–Crippen MR) is 117 cm³/mol. The zero-order chi connectivity index (χ0) is 22.0. The number of pyridine rings is 1. The van der Waals surface area contributed by atoms with Gasteiger partial charge in [0.25, 0.3) is 0 Å². The third kappa shape index (κ3) is 4.63. The van der Waals surface area contributed by atoms with Gasteiger partial charge in [0, 0.05) is 50.5 Å². The molecule has 2 saturated heterocycles. The lowest BCUT2D eigenvalue weighted by Crippen LogP contribution is -2.43. The molecule has 1 aromatic heterocycles. The molecule has 0 aliphatic carbocycles. The van der Waals surface area contributed by atoms with E-state index in [9.17, 15) is 13.6 Å². The van der Waals surface area contributed by atoms with Crippen molar-refractivity contribution in [3.8, 4) is 11.1 Å². The molecule has 3 heterocycles. The van der Waals surface area contributed by atoms with Gasteiger partial charge in [-0.3, -0.25) is 0 Å². The number of nitrogens with zero attached hydrogens (tertiary/aromatic N) is 3. The maximum absolute atomic E-state index is 14.6. The van der Waals surface area contributed by atoms with Gasteiger partial charge in [-0.15, -0.1) is 0 Å². The van der Waals surface area contributed by atoms with E-state index in [1.54, 1.807) is 49.4 Å². The van der Waals surface area contributed by atoms with Crippen molar-refractivity contribution in [1.29, 1.82) is 0 Å². The molecular formula is C23H28F2N4O2. The summed E-state index contributed by atoms with van der Waals surface area (Å²) < 4.78 is 34.6. The van der Waals surface area contributed by atoms with Crippen molar-refractivity contribution < 1.29 is 18.3 Å². The molecule has 4 rings (SSSR count). The lowest BCUT2D eigenvalue weighted by Gasteiger charge is -2.32. The van der Waals surface area contributed by atoms with Crippen LogP contribution in [-0.4, -0.2) is 61.0 Å². The summed E-state index contributed by atoms with van der Waals surface area (Å²) in [6.45, 7) is 3.35. The number of methoxy groups -OCH3 is 1. The highest BCUT2D eigenvalue weighted by molar-refractivity contribution is 5.99. The molecule has 0 spiro atoms. The topological polar surface area (TPSA) is 57.7 Å². The van der Waals surface area contributed by atoms with Crippen LogP contribution in [-0.2, 0) is 4.74 Å². The zero-order valence-electron chi connectivity index (χ0n) is 17.9. The first-order valence-electron chi connectivity index (χ1n) is 10.6. The monoisotopic (exact) mass is 430 g/mol. The number of hydrogen-bond donors (Lipinski definition) is 1. The number of alkyl halides is 1. The molecule has 1 atom stereocenters. The smallest absolute Gasteiger partial charge is 0.321 e. The van der Waals surface area contributed by atoms with Crippen LogP contribution in [0.2, 0.25) is 0 Å². The molecule has 2 aliphatic rings. The van der Waals surface area contributed by atoms with Gasteiger partial charge in [0.15, 0.2) is 5.82 Å². The molecule has 6 nitrogen and oxygen atoms in total. The first-order valence-corrected chi connectivity index (χ1v) is 10.6. The van der Waals surface area contributed by atoms with Crippen molar-refractivity contribution >= 4 is 17.5 Å². The zero-order valence-corrected chi connectivity index (χ0v) is 17.9. The Balaban J connectivity index is 1.68. The minimum absolute atomic E-state index is 0.152. The van der Waals surface area contributed by atoms with Crippen LogP contribution in [0.25, 0.3) is 11.1 Å². The van der Waals surface area contributed by atoms with Gasteiger partial charge >= 0.3 is 6.03 Å². The number of likely N-dealkylation sites (tertiary alicyclic amines) is 1. The Morgan fingerprint density at radius 3 is 2.58 bits per heavy atom. The van der Waals surface area contributed by atoms with Gasteiger partial charge in [-0.05, 0) is 31.9 Å². The number of piperidine rings is 1. The molecule has 2 fully saturated rings. The number of halogens is 2. The number of carbonyl (C=O) groups is 1. The van der Waals surface area contributed by atoms with Gasteiger partial charge < -0.3 is 19.9 Å². The fraction of sp³-hybridized carbons (Fsp3) is 0.478. The molecule has 2 amide bonds. The minimum Gasteiger partial charge on any atom is -0.381 e. The third-order valence-corrected chi connectivity index (χ3v) is 6.11. The van der Waals surface area contributed by atoms with E-state index in [-0.39, 0.29) is 18.7 Å². The third-order valence-electron chi connectivity index (χ3n) is 6.11. The number of nitrogens with one attached hydrogen (secondary N) is 1. The Labute approximate surface area is 181 Å². The van der Waals surface area contributed by atoms with Crippen LogP contribution in [0.4, 0.5) is 25.1 Å². The van der Waals surface area contributed by atoms with Crippen molar-refractivity contribution in [2.75, 3.05) is 43.5 Å². The van der Waals surface area contributed by atoms with Crippen molar-refractivity contribution in [2.24, 2.45) is 0 Å². The van der Waals surface area contributed by atoms with E-state index in [4.69, 9.17) is 4.74 Å². The Morgan fingerprint density at radius 1 is 1.19 bits per heavy atom. The van der Waals surface area contributed by atoms with E-state index in [1.165, 1.54) is 6.07 Å². The van der Waals surface area contributed by atoms with Crippen LogP contribution in [0.15, 0.2) is 36.5 Å². The van der Waals surface area contributed by atoms with Gasteiger partial charge in [-0.25, -0.2) is 18.6 Å². The largest absolute Gasteiger partial charge is 0.381 e. The number of rotatable bonds is 4. The molecule has 1 unspecified atom stereocenters. The van der Waals surface area contributed by atoms with E-state index in [0.717, 1.165) is 12.8 Å². The Bertz CT molecular complexity index is 945. The molecule has 0 radical (unpaired) electrons. The summed E-state index contributed by atoms with van der Waals surface area (Å²) in [4.78, 5) is 21.1. The summed E-state index contributed by atoms with van der Waals surface area (Å²) in [5.74, 6) is 0.0649. The van der Waals surface area contributed by atoms with Crippen molar-refractivity contribution in [2.45, 2.75) is 38.0 Å². The number of urea groups is 1. The quantitative estimate of drug-likeness (QED) is 0.778. The summed E-state index contributed by atoms with van der Waals surface area (Å²) in [5.41, 5.74) is -0.0412. The van der Waals surface area contributed by atoms with E-state index in [1.807, 2.05) is 4.90 Å². The summed E-state index contributed by atoms with van der Waals surface area (Å²) in [6.07, 6.45) is 3.62. The number of hydrogen-bond acceptors (Lipinski definition) is 4. The highest BCUT2D eigenvalue weighted by atomic mass is 19.1. The van der Waals surface area contributed by atoms with E-state index in [2.05, 4.69) is 10.3 Å². The molecular weight excluding hydrogens is 402 g/mol. The molecule has 166 valence electrons. The van der Waals surface area contributed by atoms with E-state index in [0.29, 0.717) is 48.7 Å². The van der Waals surface area contributed by atoms with E-state index < -0.39 is 11.5 Å². The Kier molecular flexibility index (Phi) is 6.09. The second-order valence-corrected chi connectivity index (χ2v) is 8.47. The summed E-state index contributed by atoms with van der Waals surface area (Å²) in [7, 11) is 1.68. The average molecular weight is 430 g/mol. The van der Waals surface area contributed by atoms with E-state index >= 15 is 0 Å². The molecule has 2 aromatic rings. The first-order chi connectivity index (χ1) is 14.9. The number of anilines is 2. The second-order valence-electron chi connectivity index (χ2n) is 8.47. The van der Waals surface area contributed by atoms with Gasteiger partial charge in [0.2, 0.25) is 0 Å². The predicted octanol–water partition coefficient (Wildman–Crippen LogP) is 4.47. The fourth-order valence-electron chi connectivity index (χ4n) is 4.30. The normalized spacial score (nSPS) is 22.1. The highest BCUT2D eigenvalue weighted by Crippen LogP contribution is 2.39. The number of carbonyl (C=O) groups excluding carboxylic acids is 1. The first kappa shape index (κ1) is 21.5. The maximum Gasteiger partial charge on any atom is 0.321 e. The number of aromatic nitrogens is 1. The van der Waals surface area contributed by atoms with Crippen LogP contribution < -0.4 is 10.2 Å². The SMILES string of the molecule is COC1CCN(C(=O)Nc2c(-c3ccccc3F)ccnc2N2CCC(C)(F)C2)CC1. The van der Waals surface area contributed by atoms with Gasteiger partial charge in [-0.2, -0.15) is 0 Å². The minimum atomic E-state index is -1.33. The lowest BCUT2D eigenvalue weighted by molar-refractivity contribution is 0.0521. The van der Waals surface area contributed by atoms with Crippen LogP contribution in [0.3, 0.4) is 0 Å². The summed E-state index contributed by atoms with van der Waals surface area (Å²) in [6, 6.07) is 7.81. The van der Waals surface area contributed by atoms with Crippen LogP contribution in [0.5, 0.6) is 0 Å². The number of benzene rings is 1. The van der Waals surface area contributed by atoms with Crippen molar-refractivity contribution in [1.82, 2.24) is 9.88 Å². The van der Waals surface area contributed by atoms with Gasteiger partial charge in [-0.1, -0.05) is 18.2 Å². The highest BCUT2D eigenvalue weighted by Gasteiger charge is 2.36. The fourth-order valence-corrected chi connectivity index (χ4v) is 4.30. The molecule has 31 heavy (non-hydrogen) atoms. The molecule has 0 bridgehead atoms. The Morgan fingerprint density at radius 2 is 1.94 bits per heavy atom. The van der Waals surface area contributed by atoms with Crippen LogP contribution >= 0.6 is 0 Å². The molecule has 1 N–H and O–H groups in total. The summed E-state index contributed by atoms with van der Waals surface area (Å²) >= 11 is 0. The average Bonchev–Trinajstić information content (AvgIpc) is 3.14. The molecule has 0 saturated carbocycles. The van der Waals surface area contributed by atoms with Crippen LogP contribution in [0.1, 0.15) is 26.2 Å². The number of amides is 2. The molecule has 8 heteroatoms. The summed E-state index contributed by atoms with van der Waals surface area (Å²) in [5, 5.41) is 2.96. The number of ether oxygens (including phenoxy) is 1. The van der Waals surface area contributed by atoms with Gasteiger partial charge in [0.1, 0.15) is 11.5 Å². The second kappa shape index (κ2) is 8.78. The maximum atomic E-state index is 14.6. The van der Waals surface area contributed by atoms with Crippen molar-refractivity contribution in [3.63, 3.8) is 0 Å². The Hall–Kier alpha value is -2.74. The standard InChI is InChI=1S/C23H28F2N4O2/c1-23(25)10-14-29(15-23)21-20(27-22(30)28-12-8-16(31-2)9-13-28)18(7-11-26-21)17-5-3-4-6-19(17)24/h3-7,11,16H,8-10,12-15H2,1-2H3,(H,27,30). The molecule has 1 aromatic carbocycles. The van der Waals surface area contributed by atoms with Crippen LogP contribution in [0, 0.1) is 5.82 Å².